The predicted octanol–water partition coefficient (Wildman–Crippen LogP) is 4.26. The Morgan fingerprint density at radius 3 is 2.39 bits per heavy atom. The van der Waals surface area contributed by atoms with Crippen LogP contribution in [-0.4, -0.2) is 24.9 Å². The van der Waals surface area contributed by atoms with Crippen LogP contribution < -0.4 is 14.0 Å². The highest BCUT2D eigenvalue weighted by molar-refractivity contribution is 5.95. The molecule has 0 amide bonds. The summed E-state index contributed by atoms with van der Waals surface area (Å²) in [5.74, 6) is 1.15. The number of hydrogen-bond acceptors (Lipinski definition) is 5. The number of methoxy groups -OCH3 is 2. The van der Waals surface area contributed by atoms with Gasteiger partial charge in [0.25, 0.3) is 5.69 Å². The van der Waals surface area contributed by atoms with E-state index in [1.807, 2.05) is 60.2 Å². The maximum absolute atomic E-state index is 12.7. The molecule has 0 unspecified atom stereocenters. The minimum Gasteiger partial charge on any atom is -0.493 e. The number of aryl methyl sites for hydroxylation is 1. The molecule has 0 atom stereocenters. The summed E-state index contributed by atoms with van der Waals surface area (Å²) >= 11 is 0. The first-order valence-electron chi connectivity index (χ1n) is 9.59. The first-order chi connectivity index (χ1) is 14.9. The van der Waals surface area contributed by atoms with Crippen LogP contribution in [0.4, 0.5) is 5.69 Å². The van der Waals surface area contributed by atoms with Gasteiger partial charge in [-0.2, -0.15) is 4.57 Å². The van der Waals surface area contributed by atoms with Gasteiger partial charge < -0.3 is 9.47 Å². The summed E-state index contributed by atoms with van der Waals surface area (Å²) in [5, 5.41) is 10.8. The van der Waals surface area contributed by atoms with Gasteiger partial charge in [0.05, 0.1) is 19.1 Å². The Morgan fingerprint density at radius 2 is 1.74 bits per heavy atom. The minimum atomic E-state index is -0.485. The summed E-state index contributed by atoms with van der Waals surface area (Å²) in [7, 11) is 3.18. The van der Waals surface area contributed by atoms with Crippen molar-refractivity contribution in [3.63, 3.8) is 0 Å². The predicted molar refractivity (Wildman–Crippen MR) is 117 cm³/mol. The van der Waals surface area contributed by atoms with E-state index < -0.39 is 4.92 Å². The number of pyridine rings is 1. The Bertz CT molecular complexity index is 1140. The highest BCUT2D eigenvalue weighted by atomic mass is 16.6. The molecular formula is C24H23N2O5+. The molecule has 31 heavy (non-hydrogen) atoms. The van der Waals surface area contributed by atoms with Crippen LogP contribution in [0.2, 0.25) is 0 Å². The van der Waals surface area contributed by atoms with Crippen molar-refractivity contribution in [3.05, 3.63) is 93.3 Å². The minimum absolute atomic E-state index is 0.0432. The second-order valence-corrected chi connectivity index (χ2v) is 6.88. The molecule has 158 valence electrons. The Balaban J connectivity index is 1.85. The van der Waals surface area contributed by atoms with Gasteiger partial charge in [-0.05, 0) is 48.9 Å². The number of nitro groups is 1. The van der Waals surface area contributed by atoms with Gasteiger partial charge in [0.2, 0.25) is 18.0 Å². The molecule has 3 rings (SSSR count). The molecule has 0 radical (unpaired) electrons. The number of nitrogens with zero attached hydrogens (tertiary/aromatic N) is 2. The molecule has 0 aliphatic rings. The van der Waals surface area contributed by atoms with E-state index in [9.17, 15) is 14.9 Å². The maximum atomic E-state index is 12.7. The standard InChI is InChI=1S/C24H23N2O5/c1-17-5-4-14-25(16-22(27)19-8-10-20(11-9-19)26(28)29)21(17)12-6-18-7-13-23(30-2)24(15-18)31-3/h4-15H,16H2,1-3H3/q+1/b12-6+. The molecule has 2 aromatic carbocycles. The molecule has 0 saturated heterocycles. The Hall–Kier alpha value is -4.00. The smallest absolute Gasteiger partial charge is 0.269 e. The number of benzene rings is 2. The molecule has 0 aliphatic carbocycles. The lowest BCUT2D eigenvalue weighted by Crippen LogP contribution is -2.41. The van der Waals surface area contributed by atoms with Gasteiger partial charge >= 0.3 is 0 Å². The largest absolute Gasteiger partial charge is 0.493 e. The van der Waals surface area contributed by atoms with Crippen molar-refractivity contribution < 1.29 is 23.8 Å². The number of Topliss-reactive ketones (excluding diaryl/α,β-unsaturated/α-hetero) is 1. The van der Waals surface area contributed by atoms with Gasteiger partial charge in [-0.1, -0.05) is 6.07 Å². The van der Waals surface area contributed by atoms with Gasteiger partial charge in [0.1, 0.15) is 0 Å². The lowest BCUT2D eigenvalue weighted by Gasteiger charge is -2.07. The van der Waals surface area contributed by atoms with E-state index in [0.29, 0.717) is 17.1 Å². The summed E-state index contributed by atoms with van der Waals surface area (Å²) in [6.07, 6.45) is 5.72. The zero-order valence-electron chi connectivity index (χ0n) is 17.6. The molecule has 0 saturated carbocycles. The van der Waals surface area contributed by atoms with E-state index in [1.165, 1.54) is 24.3 Å². The number of ether oxygens (including phenoxy) is 2. The Morgan fingerprint density at radius 1 is 1.03 bits per heavy atom. The van der Waals surface area contributed by atoms with E-state index in [2.05, 4.69) is 0 Å². The van der Waals surface area contributed by atoms with Crippen molar-refractivity contribution in [1.29, 1.82) is 0 Å². The number of ketones is 1. The number of hydrogen-bond donors (Lipinski definition) is 0. The molecule has 0 N–H and O–H groups in total. The van der Waals surface area contributed by atoms with Gasteiger partial charge in [-0.25, -0.2) is 0 Å². The fraction of sp³-hybridized carbons (Fsp3) is 0.167. The van der Waals surface area contributed by atoms with Gasteiger partial charge in [-0.3, -0.25) is 14.9 Å². The number of non-ortho nitro benzene ring substituents is 1. The SMILES string of the molecule is COc1ccc(/C=C/c2c(C)ccc[n+]2CC(=O)c2ccc([N+](=O)[O-])cc2)cc1OC. The number of carbonyl (C=O) groups is 1. The fourth-order valence-corrected chi connectivity index (χ4v) is 3.20. The van der Waals surface area contributed by atoms with Crippen LogP contribution in [0.25, 0.3) is 12.2 Å². The molecule has 0 aliphatic heterocycles. The van der Waals surface area contributed by atoms with Crippen LogP contribution in [0, 0.1) is 17.0 Å². The van der Waals surface area contributed by atoms with Crippen molar-refractivity contribution in [2.45, 2.75) is 13.5 Å². The van der Waals surface area contributed by atoms with Crippen LogP contribution in [-0.2, 0) is 6.54 Å². The second kappa shape index (κ2) is 9.67. The number of nitro benzene ring substituents is 1. The summed E-state index contributed by atoms with van der Waals surface area (Å²) in [4.78, 5) is 23.1. The molecule has 0 fully saturated rings. The quantitative estimate of drug-likeness (QED) is 0.236. The van der Waals surface area contributed by atoms with E-state index in [0.717, 1.165) is 16.8 Å². The van der Waals surface area contributed by atoms with E-state index in [-0.39, 0.29) is 18.0 Å². The molecule has 7 nitrogen and oxygen atoms in total. The van der Waals surface area contributed by atoms with Crippen molar-refractivity contribution in [3.8, 4) is 11.5 Å². The molecular weight excluding hydrogens is 396 g/mol. The van der Waals surface area contributed by atoms with Crippen LogP contribution in [0.1, 0.15) is 27.2 Å². The van der Waals surface area contributed by atoms with Crippen LogP contribution in [0.3, 0.4) is 0 Å². The molecule has 0 bridgehead atoms. The number of aromatic nitrogens is 1. The fourth-order valence-electron chi connectivity index (χ4n) is 3.20. The highest BCUT2D eigenvalue weighted by Gasteiger charge is 2.18. The summed E-state index contributed by atoms with van der Waals surface area (Å²) < 4.78 is 12.5. The highest BCUT2D eigenvalue weighted by Crippen LogP contribution is 2.28. The van der Waals surface area contributed by atoms with Crippen molar-refractivity contribution in [2.75, 3.05) is 14.2 Å². The maximum Gasteiger partial charge on any atom is 0.269 e. The molecule has 7 heteroatoms. The first kappa shape index (κ1) is 21.7. The Kier molecular flexibility index (Phi) is 6.77. The third kappa shape index (κ3) is 5.14. The third-order valence-electron chi connectivity index (χ3n) is 4.88. The monoisotopic (exact) mass is 419 g/mol. The molecule has 0 spiro atoms. The van der Waals surface area contributed by atoms with Gasteiger partial charge in [0, 0.05) is 35.4 Å². The average molecular weight is 419 g/mol. The number of rotatable bonds is 8. The van der Waals surface area contributed by atoms with Crippen LogP contribution in [0.5, 0.6) is 11.5 Å². The van der Waals surface area contributed by atoms with Crippen LogP contribution >= 0.6 is 0 Å². The summed E-state index contributed by atoms with van der Waals surface area (Å²) in [6, 6.07) is 15.1. The van der Waals surface area contributed by atoms with Crippen molar-refractivity contribution in [1.82, 2.24) is 0 Å². The topological polar surface area (TPSA) is 82.5 Å². The van der Waals surface area contributed by atoms with E-state index in [4.69, 9.17) is 9.47 Å². The van der Waals surface area contributed by atoms with E-state index >= 15 is 0 Å². The number of carbonyl (C=O) groups excluding carboxylic acids is 1. The second-order valence-electron chi connectivity index (χ2n) is 6.88. The molecule has 1 heterocycles. The lowest BCUT2D eigenvalue weighted by atomic mass is 10.1. The molecule has 3 aromatic rings. The Labute approximate surface area is 180 Å². The zero-order valence-corrected chi connectivity index (χ0v) is 17.6. The lowest BCUT2D eigenvalue weighted by molar-refractivity contribution is -0.685. The van der Waals surface area contributed by atoms with Gasteiger partial charge in [-0.15, -0.1) is 0 Å². The van der Waals surface area contributed by atoms with E-state index in [1.54, 1.807) is 14.2 Å². The normalized spacial score (nSPS) is 10.8. The summed E-state index contributed by atoms with van der Waals surface area (Å²) in [6.45, 7) is 2.09. The summed E-state index contributed by atoms with van der Waals surface area (Å²) in [5.41, 5.74) is 3.20. The van der Waals surface area contributed by atoms with Crippen LogP contribution in [0.15, 0.2) is 60.8 Å². The average Bonchev–Trinajstić information content (AvgIpc) is 2.78. The molecule has 1 aromatic heterocycles. The van der Waals surface area contributed by atoms with Crippen molar-refractivity contribution >= 4 is 23.6 Å². The third-order valence-corrected chi connectivity index (χ3v) is 4.88. The first-order valence-corrected chi connectivity index (χ1v) is 9.59. The van der Waals surface area contributed by atoms with Crippen molar-refractivity contribution in [2.24, 2.45) is 0 Å². The zero-order chi connectivity index (χ0) is 22.4. The van der Waals surface area contributed by atoms with Gasteiger partial charge in [0.15, 0.2) is 17.7 Å².